The quantitative estimate of drug-likeness (QED) is 0.859. The van der Waals surface area contributed by atoms with E-state index < -0.39 is 0 Å². The van der Waals surface area contributed by atoms with E-state index in [1.165, 1.54) is 24.4 Å². The molecule has 110 valence electrons. The SMILES string of the molecule is Cc1nsc(N(C)C2CN(c3ccc(C4CC4)nn3)C2)n1. The summed E-state index contributed by atoms with van der Waals surface area (Å²) in [6.07, 6.45) is 2.54. The molecule has 6 nitrogen and oxygen atoms in total. The first-order chi connectivity index (χ1) is 10.2. The lowest BCUT2D eigenvalue weighted by atomic mass is 10.1. The van der Waals surface area contributed by atoms with Gasteiger partial charge in [-0.1, -0.05) is 0 Å². The fourth-order valence-corrected chi connectivity index (χ4v) is 3.28. The molecule has 0 atom stereocenters. The Morgan fingerprint density at radius 2 is 2.05 bits per heavy atom. The molecule has 1 aliphatic carbocycles. The van der Waals surface area contributed by atoms with Gasteiger partial charge in [-0.3, -0.25) is 0 Å². The van der Waals surface area contributed by atoms with E-state index in [-0.39, 0.29) is 0 Å². The Labute approximate surface area is 128 Å². The fourth-order valence-electron chi connectivity index (χ4n) is 2.57. The summed E-state index contributed by atoms with van der Waals surface area (Å²) < 4.78 is 4.24. The monoisotopic (exact) mass is 302 g/mol. The summed E-state index contributed by atoms with van der Waals surface area (Å²) in [5, 5.41) is 9.71. The van der Waals surface area contributed by atoms with E-state index in [0.29, 0.717) is 12.0 Å². The van der Waals surface area contributed by atoms with Gasteiger partial charge in [-0.2, -0.15) is 9.47 Å². The number of rotatable bonds is 4. The van der Waals surface area contributed by atoms with Crippen molar-refractivity contribution in [2.45, 2.75) is 31.7 Å². The Morgan fingerprint density at radius 3 is 2.62 bits per heavy atom. The van der Waals surface area contributed by atoms with Crippen molar-refractivity contribution in [1.29, 1.82) is 0 Å². The van der Waals surface area contributed by atoms with Gasteiger partial charge in [-0.05, 0) is 31.9 Å². The molecular weight excluding hydrogens is 284 g/mol. The predicted octanol–water partition coefficient (Wildman–Crippen LogP) is 1.84. The summed E-state index contributed by atoms with van der Waals surface area (Å²) >= 11 is 1.46. The van der Waals surface area contributed by atoms with E-state index in [9.17, 15) is 0 Å². The molecule has 1 aliphatic heterocycles. The van der Waals surface area contributed by atoms with Gasteiger partial charge in [0.15, 0.2) is 5.82 Å². The molecule has 0 radical (unpaired) electrons. The van der Waals surface area contributed by atoms with Crippen LogP contribution in [0.15, 0.2) is 12.1 Å². The molecule has 7 heteroatoms. The third-order valence-electron chi connectivity index (χ3n) is 4.22. The second-order valence-electron chi connectivity index (χ2n) is 5.88. The number of aryl methyl sites for hydroxylation is 1. The van der Waals surface area contributed by atoms with Crippen molar-refractivity contribution in [2.75, 3.05) is 29.9 Å². The standard InChI is InChI=1S/C14H18N6S/c1-9-15-14(21-18-9)19(2)11-7-20(8-11)13-6-5-12(16-17-13)10-3-4-10/h5-6,10-11H,3-4,7-8H2,1-2H3. The van der Waals surface area contributed by atoms with Crippen molar-refractivity contribution >= 4 is 22.5 Å². The average molecular weight is 302 g/mol. The Hall–Kier alpha value is -1.76. The van der Waals surface area contributed by atoms with Crippen LogP contribution in [0.5, 0.6) is 0 Å². The first-order valence-electron chi connectivity index (χ1n) is 7.32. The lowest BCUT2D eigenvalue weighted by molar-refractivity contribution is 0.489. The van der Waals surface area contributed by atoms with Gasteiger partial charge in [0.1, 0.15) is 5.82 Å². The maximum atomic E-state index is 4.44. The van der Waals surface area contributed by atoms with Crippen LogP contribution in [0.4, 0.5) is 10.9 Å². The molecular formula is C14H18N6S. The van der Waals surface area contributed by atoms with Crippen molar-refractivity contribution in [3.05, 3.63) is 23.7 Å². The van der Waals surface area contributed by atoms with Gasteiger partial charge in [-0.15, -0.1) is 5.10 Å². The second-order valence-corrected chi connectivity index (χ2v) is 6.61. The first-order valence-corrected chi connectivity index (χ1v) is 8.10. The van der Waals surface area contributed by atoms with Gasteiger partial charge in [0.05, 0.1) is 11.7 Å². The zero-order chi connectivity index (χ0) is 14.4. The van der Waals surface area contributed by atoms with Gasteiger partial charge in [0.2, 0.25) is 5.13 Å². The van der Waals surface area contributed by atoms with Crippen LogP contribution in [0.2, 0.25) is 0 Å². The van der Waals surface area contributed by atoms with Crippen molar-refractivity contribution < 1.29 is 0 Å². The normalized spacial score (nSPS) is 18.7. The average Bonchev–Trinajstić information content (AvgIpc) is 3.20. The molecule has 21 heavy (non-hydrogen) atoms. The minimum atomic E-state index is 0.474. The maximum Gasteiger partial charge on any atom is 0.205 e. The molecule has 0 aromatic carbocycles. The number of hydrogen-bond acceptors (Lipinski definition) is 7. The van der Waals surface area contributed by atoms with Crippen LogP contribution >= 0.6 is 11.5 Å². The molecule has 0 amide bonds. The lowest BCUT2D eigenvalue weighted by Gasteiger charge is -2.44. The highest BCUT2D eigenvalue weighted by atomic mass is 32.1. The van der Waals surface area contributed by atoms with Gasteiger partial charge >= 0.3 is 0 Å². The van der Waals surface area contributed by atoms with Gasteiger partial charge in [0, 0.05) is 37.6 Å². The fraction of sp³-hybridized carbons (Fsp3) is 0.571. The number of hydrogen-bond donors (Lipinski definition) is 0. The highest BCUT2D eigenvalue weighted by molar-refractivity contribution is 7.09. The Morgan fingerprint density at radius 1 is 1.24 bits per heavy atom. The minimum Gasteiger partial charge on any atom is -0.351 e. The molecule has 2 aromatic heterocycles. The van der Waals surface area contributed by atoms with Crippen LogP contribution in [-0.4, -0.2) is 45.7 Å². The van der Waals surface area contributed by atoms with E-state index in [4.69, 9.17) is 0 Å². The molecule has 0 unspecified atom stereocenters. The highest BCUT2D eigenvalue weighted by Gasteiger charge is 2.33. The predicted molar refractivity (Wildman–Crippen MR) is 83.1 cm³/mol. The summed E-state index contributed by atoms with van der Waals surface area (Å²) in [5.41, 5.74) is 1.15. The van der Waals surface area contributed by atoms with E-state index in [1.54, 1.807) is 0 Å². The Balaban J connectivity index is 1.37. The van der Waals surface area contributed by atoms with Crippen LogP contribution < -0.4 is 9.80 Å². The third-order valence-corrected chi connectivity index (χ3v) is 5.12. The Bertz CT molecular complexity index is 629. The zero-order valence-corrected chi connectivity index (χ0v) is 13.0. The molecule has 2 fully saturated rings. The largest absolute Gasteiger partial charge is 0.351 e. The molecule has 1 saturated carbocycles. The van der Waals surface area contributed by atoms with Crippen LogP contribution in [0.25, 0.3) is 0 Å². The second kappa shape index (κ2) is 4.91. The number of nitrogens with zero attached hydrogens (tertiary/aromatic N) is 6. The van der Waals surface area contributed by atoms with Crippen LogP contribution in [0.1, 0.15) is 30.3 Å². The van der Waals surface area contributed by atoms with Crippen LogP contribution in [0.3, 0.4) is 0 Å². The van der Waals surface area contributed by atoms with Gasteiger partial charge < -0.3 is 9.80 Å². The van der Waals surface area contributed by atoms with E-state index >= 15 is 0 Å². The van der Waals surface area contributed by atoms with Crippen LogP contribution in [0, 0.1) is 6.92 Å². The smallest absolute Gasteiger partial charge is 0.205 e. The molecule has 0 spiro atoms. The molecule has 0 N–H and O–H groups in total. The first kappa shape index (κ1) is 12.9. The highest BCUT2D eigenvalue weighted by Crippen LogP contribution is 2.39. The number of aromatic nitrogens is 4. The number of anilines is 2. The van der Waals surface area contributed by atoms with Crippen molar-refractivity contribution in [3.63, 3.8) is 0 Å². The van der Waals surface area contributed by atoms with E-state index in [2.05, 4.69) is 48.5 Å². The van der Waals surface area contributed by atoms with Crippen LogP contribution in [-0.2, 0) is 0 Å². The molecule has 2 aliphatic rings. The van der Waals surface area contributed by atoms with E-state index in [0.717, 1.165) is 35.6 Å². The molecule has 3 heterocycles. The maximum absolute atomic E-state index is 4.44. The summed E-state index contributed by atoms with van der Waals surface area (Å²) in [4.78, 5) is 8.91. The van der Waals surface area contributed by atoms with Gasteiger partial charge in [-0.25, -0.2) is 4.98 Å². The topological polar surface area (TPSA) is 58.0 Å². The van der Waals surface area contributed by atoms with Crippen molar-refractivity contribution in [1.82, 2.24) is 19.6 Å². The number of likely N-dealkylation sites (N-methyl/N-ethyl adjacent to an activating group) is 1. The van der Waals surface area contributed by atoms with Gasteiger partial charge in [0.25, 0.3) is 0 Å². The molecule has 1 saturated heterocycles. The zero-order valence-electron chi connectivity index (χ0n) is 12.2. The van der Waals surface area contributed by atoms with Crippen molar-refractivity contribution in [2.24, 2.45) is 0 Å². The molecule has 2 aromatic rings. The molecule has 4 rings (SSSR count). The van der Waals surface area contributed by atoms with Crippen molar-refractivity contribution in [3.8, 4) is 0 Å². The summed E-state index contributed by atoms with van der Waals surface area (Å²) in [7, 11) is 2.09. The summed E-state index contributed by atoms with van der Waals surface area (Å²) in [6, 6.07) is 4.71. The summed E-state index contributed by atoms with van der Waals surface area (Å²) in [5.74, 6) is 2.50. The van der Waals surface area contributed by atoms with E-state index in [1.807, 2.05) is 6.92 Å². The molecule has 0 bridgehead atoms. The minimum absolute atomic E-state index is 0.474. The third kappa shape index (κ3) is 2.46. The summed E-state index contributed by atoms with van der Waals surface area (Å²) in [6.45, 7) is 3.86. The Kier molecular flexibility index (Phi) is 3.02. The lowest BCUT2D eigenvalue weighted by Crippen LogP contribution is -2.59.